The molecular formula is C26H35FN2O4S. The van der Waals surface area contributed by atoms with Gasteiger partial charge in [-0.2, -0.15) is 0 Å². The van der Waals surface area contributed by atoms with Crippen LogP contribution in [0.3, 0.4) is 0 Å². The molecule has 2 aromatic rings. The Balaban J connectivity index is 1.64. The summed E-state index contributed by atoms with van der Waals surface area (Å²) in [6.07, 6.45) is 1.85. The van der Waals surface area contributed by atoms with Crippen molar-refractivity contribution in [3.63, 3.8) is 0 Å². The molecule has 0 unspecified atom stereocenters. The summed E-state index contributed by atoms with van der Waals surface area (Å²) >= 11 is 1.69. The SMILES string of the molecule is C=CCN(CC(=O)N1CCc2sccc2[C@H]1COc1ccc(F)cc1)C[C@H](O)COCC(C)C. The maximum absolute atomic E-state index is 13.4. The quantitative estimate of drug-likeness (QED) is 0.432. The lowest BCUT2D eigenvalue weighted by Crippen LogP contribution is -2.48. The van der Waals surface area contributed by atoms with Crippen molar-refractivity contribution in [2.24, 2.45) is 5.92 Å². The van der Waals surface area contributed by atoms with Crippen LogP contribution in [0.15, 0.2) is 48.4 Å². The Morgan fingerprint density at radius 3 is 2.79 bits per heavy atom. The fourth-order valence-electron chi connectivity index (χ4n) is 4.04. The smallest absolute Gasteiger partial charge is 0.237 e. The minimum Gasteiger partial charge on any atom is -0.491 e. The van der Waals surface area contributed by atoms with Crippen LogP contribution in [0.1, 0.15) is 30.3 Å². The van der Waals surface area contributed by atoms with E-state index >= 15 is 0 Å². The number of hydrogen-bond acceptors (Lipinski definition) is 6. The number of halogens is 1. The number of nitrogens with zero attached hydrogens (tertiary/aromatic N) is 2. The van der Waals surface area contributed by atoms with Crippen LogP contribution >= 0.6 is 11.3 Å². The number of fused-ring (bicyclic) bond motifs is 1. The van der Waals surface area contributed by atoms with Gasteiger partial charge < -0.3 is 19.5 Å². The summed E-state index contributed by atoms with van der Waals surface area (Å²) in [4.78, 5) is 18.4. The molecular weight excluding hydrogens is 455 g/mol. The summed E-state index contributed by atoms with van der Waals surface area (Å²) < 4.78 is 24.7. The van der Waals surface area contributed by atoms with Crippen molar-refractivity contribution < 1.29 is 23.8 Å². The zero-order chi connectivity index (χ0) is 24.5. The molecule has 1 aromatic heterocycles. The Morgan fingerprint density at radius 1 is 1.32 bits per heavy atom. The zero-order valence-electron chi connectivity index (χ0n) is 20.0. The van der Waals surface area contributed by atoms with E-state index in [2.05, 4.69) is 26.5 Å². The first-order valence-corrected chi connectivity index (χ1v) is 12.6. The Hall–Kier alpha value is -2.26. The molecule has 0 bridgehead atoms. The number of amides is 1. The van der Waals surface area contributed by atoms with Crippen LogP contribution < -0.4 is 4.74 Å². The van der Waals surface area contributed by atoms with E-state index in [1.165, 1.54) is 17.0 Å². The Labute approximate surface area is 205 Å². The highest BCUT2D eigenvalue weighted by Gasteiger charge is 2.33. The number of hydrogen-bond donors (Lipinski definition) is 1. The maximum atomic E-state index is 13.4. The zero-order valence-corrected chi connectivity index (χ0v) is 20.8. The predicted molar refractivity (Wildman–Crippen MR) is 133 cm³/mol. The second-order valence-electron chi connectivity index (χ2n) is 8.98. The first-order chi connectivity index (χ1) is 16.4. The minimum absolute atomic E-state index is 0.0262. The van der Waals surface area contributed by atoms with E-state index in [1.807, 2.05) is 15.2 Å². The summed E-state index contributed by atoms with van der Waals surface area (Å²) in [6, 6.07) is 7.73. The average molecular weight is 491 g/mol. The van der Waals surface area contributed by atoms with Crippen LogP contribution in [0.25, 0.3) is 0 Å². The van der Waals surface area contributed by atoms with Crippen molar-refractivity contribution in [2.75, 3.05) is 46.0 Å². The van der Waals surface area contributed by atoms with E-state index in [-0.39, 0.29) is 37.5 Å². The second kappa shape index (κ2) is 13.0. The molecule has 1 aliphatic heterocycles. The van der Waals surface area contributed by atoms with E-state index in [0.29, 0.717) is 37.9 Å². The average Bonchev–Trinajstić information content (AvgIpc) is 3.27. The van der Waals surface area contributed by atoms with Gasteiger partial charge in [-0.1, -0.05) is 19.9 Å². The molecule has 0 spiro atoms. The van der Waals surface area contributed by atoms with Crippen molar-refractivity contribution in [1.29, 1.82) is 0 Å². The summed E-state index contributed by atoms with van der Waals surface area (Å²) in [5.41, 5.74) is 1.10. The maximum Gasteiger partial charge on any atom is 0.237 e. The summed E-state index contributed by atoms with van der Waals surface area (Å²) in [6.45, 7) is 10.6. The highest BCUT2D eigenvalue weighted by Crippen LogP contribution is 2.34. The molecule has 1 amide bonds. The van der Waals surface area contributed by atoms with Gasteiger partial charge in [0, 0.05) is 31.1 Å². The lowest BCUT2D eigenvalue weighted by molar-refractivity contribution is -0.136. The molecule has 0 aliphatic carbocycles. The van der Waals surface area contributed by atoms with Crippen LogP contribution in [0, 0.1) is 11.7 Å². The van der Waals surface area contributed by atoms with Crippen molar-refractivity contribution in [1.82, 2.24) is 9.80 Å². The largest absolute Gasteiger partial charge is 0.491 e. The molecule has 1 N–H and O–H groups in total. The van der Waals surface area contributed by atoms with Crippen LogP contribution in [0.2, 0.25) is 0 Å². The van der Waals surface area contributed by atoms with Gasteiger partial charge in [0.05, 0.1) is 25.3 Å². The van der Waals surface area contributed by atoms with Crippen LogP contribution in [-0.4, -0.2) is 72.9 Å². The van der Waals surface area contributed by atoms with Gasteiger partial charge in [-0.3, -0.25) is 9.69 Å². The molecule has 3 rings (SSSR count). The number of benzene rings is 1. The summed E-state index contributed by atoms with van der Waals surface area (Å²) in [5, 5.41) is 12.4. The molecule has 1 aromatic carbocycles. The number of aliphatic hydroxyl groups is 1. The molecule has 0 saturated carbocycles. The minimum atomic E-state index is -0.686. The summed E-state index contributed by atoms with van der Waals surface area (Å²) in [5.74, 6) is 0.616. The molecule has 2 heterocycles. The Bertz CT molecular complexity index is 918. The van der Waals surface area contributed by atoms with Crippen LogP contribution in [0.4, 0.5) is 4.39 Å². The molecule has 8 heteroatoms. The molecule has 1 aliphatic rings. The Kier molecular flexibility index (Phi) is 10.1. The van der Waals surface area contributed by atoms with Crippen LogP contribution in [-0.2, 0) is 16.0 Å². The van der Waals surface area contributed by atoms with Crippen molar-refractivity contribution in [3.05, 3.63) is 64.6 Å². The summed E-state index contributed by atoms with van der Waals surface area (Å²) in [7, 11) is 0. The number of carbonyl (C=O) groups is 1. The molecule has 6 nitrogen and oxygen atoms in total. The normalized spacial score (nSPS) is 16.5. The van der Waals surface area contributed by atoms with Gasteiger partial charge in [0.25, 0.3) is 0 Å². The van der Waals surface area contributed by atoms with Gasteiger partial charge in [0.1, 0.15) is 18.2 Å². The number of aliphatic hydroxyl groups excluding tert-OH is 1. The third-order valence-electron chi connectivity index (χ3n) is 5.61. The van der Waals surface area contributed by atoms with E-state index in [4.69, 9.17) is 9.47 Å². The van der Waals surface area contributed by atoms with Crippen LogP contribution in [0.5, 0.6) is 5.75 Å². The van der Waals surface area contributed by atoms with Crippen molar-refractivity contribution in [3.8, 4) is 5.75 Å². The van der Waals surface area contributed by atoms with Gasteiger partial charge in [-0.15, -0.1) is 17.9 Å². The fraction of sp³-hybridized carbons (Fsp3) is 0.500. The number of ether oxygens (including phenoxy) is 2. The van der Waals surface area contributed by atoms with Gasteiger partial charge in [0.15, 0.2) is 0 Å². The predicted octanol–water partition coefficient (Wildman–Crippen LogP) is 3.91. The number of thiophene rings is 1. The lowest BCUT2D eigenvalue weighted by atomic mass is 10.0. The first-order valence-electron chi connectivity index (χ1n) is 11.7. The Morgan fingerprint density at radius 2 is 2.09 bits per heavy atom. The molecule has 34 heavy (non-hydrogen) atoms. The molecule has 0 radical (unpaired) electrons. The standard InChI is InChI=1S/C26H35FN2O4S/c1-4-11-28(14-21(30)17-32-16-19(2)3)15-26(31)29-12-9-25-23(10-13-34-25)24(29)18-33-22-7-5-20(27)6-8-22/h4-8,10,13,19,21,24,30H,1,9,11-12,14-18H2,2-3H3/t21-,24+/m0/s1. The highest BCUT2D eigenvalue weighted by atomic mass is 32.1. The van der Waals surface area contributed by atoms with E-state index in [9.17, 15) is 14.3 Å². The van der Waals surface area contributed by atoms with Gasteiger partial charge in [-0.25, -0.2) is 4.39 Å². The molecule has 0 saturated heterocycles. The highest BCUT2D eigenvalue weighted by molar-refractivity contribution is 7.10. The molecule has 186 valence electrons. The van der Waals surface area contributed by atoms with Gasteiger partial charge >= 0.3 is 0 Å². The fourth-order valence-corrected chi connectivity index (χ4v) is 4.97. The van der Waals surface area contributed by atoms with E-state index < -0.39 is 6.10 Å². The lowest BCUT2D eigenvalue weighted by Gasteiger charge is -2.37. The molecule has 0 fully saturated rings. The first kappa shape index (κ1) is 26.3. The second-order valence-corrected chi connectivity index (χ2v) is 9.99. The van der Waals surface area contributed by atoms with Gasteiger partial charge in [-0.05, 0) is 53.6 Å². The van der Waals surface area contributed by atoms with E-state index in [1.54, 1.807) is 29.5 Å². The molecule has 2 atom stereocenters. The van der Waals surface area contributed by atoms with Crippen molar-refractivity contribution >= 4 is 17.2 Å². The topological polar surface area (TPSA) is 62.2 Å². The third-order valence-corrected chi connectivity index (χ3v) is 6.61. The van der Waals surface area contributed by atoms with Crippen molar-refractivity contribution in [2.45, 2.75) is 32.4 Å². The third kappa shape index (κ3) is 7.63. The van der Waals surface area contributed by atoms with Gasteiger partial charge in [0.2, 0.25) is 5.91 Å². The monoisotopic (exact) mass is 490 g/mol. The number of rotatable bonds is 13. The van der Waals surface area contributed by atoms with E-state index in [0.717, 1.165) is 12.0 Å². The number of carbonyl (C=O) groups excluding carboxylic acids is 1.